The van der Waals surface area contributed by atoms with Gasteiger partial charge in [0.15, 0.2) is 0 Å². The van der Waals surface area contributed by atoms with Crippen LogP contribution in [-0.2, 0) is 10.0 Å². The summed E-state index contributed by atoms with van der Waals surface area (Å²) in [6.07, 6.45) is 0. The second-order valence-corrected chi connectivity index (χ2v) is 10.7. The quantitative estimate of drug-likeness (QED) is 0.200. The van der Waals surface area contributed by atoms with Gasteiger partial charge < -0.3 is 4.74 Å². The largest absolute Gasteiger partial charge is 0.423 e. The normalized spacial score (nSPS) is 11.9. The molecule has 0 atom stereocenters. The van der Waals surface area contributed by atoms with Crippen LogP contribution in [0.3, 0.4) is 0 Å². The molecule has 0 bridgehead atoms. The molecule has 1 aromatic heterocycles. The van der Waals surface area contributed by atoms with Crippen molar-refractivity contribution >= 4 is 27.3 Å². The van der Waals surface area contributed by atoms with Crippen LogP contribution in [-0.4, -0.2) is 19.0 Å². The topological polar surface area (TPSA) is 77.7 Å². The maximum Gasteiger partial charge on any atom is 0.343 e. The summed E-state index contributed by atoms with van der Waals surface area (Å²) < 4.78 is 37.7. The van der Waals surface area contributed by atoms with Gasteiger partial charge in [0.1, 0.15) is 5.75 Å². The minimum atomic E-state index is -3.92. The monoisotopic (exact) mass is 526 g/mol. The molecule has 6 nitrogen and oxygen atoms in total. The molecule has 0 aliphatic rings. The Hall–Kier alpha value is -4.27. The molecule has 0 saturated carbocycles. The van der Waals surface area contributed by atoms with Crippen molar-refractivity contribution in [2.24, 2.45) is 4.40 Å². The van der Waals surface area contributed by atoms with Gasteiger partial charge in [0.25, 0.3) is 10.0 Å². The van der Waals surface area contributed by atoms with Crippen LogP contribution in [0.1, 0.15) is 15.9 Å². The Balaban J connectivity index is 1.53. The van der Waals surface area contributed by atoms with Gasteiger partial charge in [-0.3, -0.25) is 4.57 Å². The zero-order chi connectivity index (χ0) is 25.8. The van der Waals surface area contributed by atoms with Gasteiger partial charge in [-0.15, -0.1) is 15.7 Å². The van der Waals surface area contributed by atoms with Gasteiger partial charge >= 0.3 is 5.97 Å². The lowest BCUT2D eigenvalue weighted by atomic mass is 10.1. The number of rotatable bonds is 6. The number of benzene rings is 4. The molecule has 1 heterocycles. The average Bonchev–Trinajstić information content (AvgIpc) is 3.33. The minimum absolute atomic E-state index is 0.136. The van der Waals surface area contributed by atoms with Gasteiger partial charge in [-0.05, 0) is 73.2 Å². The van der Waals surface area contributed by atoms with E-state index in [1.807, 2.05) is 60.8 Å². The zero-order valence-electron chi connectivity index (χ0n) is 19.8. The van der Waals surface area contributed by atoms with Crippen molar-refractivity contribution in [2.75, 3.05) is 0 Å². The van der Waals surface area contributed by atoms with Gasteiger partial charge in [-0.1, -0.05) is 54.1 Å². The molecule has 0 aliphatic heterocycles. The third kappa shape index (κ3) is 5.45. The van der Waals surface area contributed by atoms with E-state index in [2.05, 4.69) is 4.40 Å². The van der Waals surface area contributed by atoms with Crippen LogP contribution in [0.25, 0.3) is 16.9 Å². The maximum absolute atomic E-state index is 13.1. The summed E-state index contributed by atoms with van der Waals surface area (Å²) in [5.74, 6) is -0.0309. The van der Waals surface area contributed by atoms with Crippen molar-refractivity contribution in [1.29, 1.82) is 0 Å². The highest BCUT2D eigenvalue weighted by molar-refractivity contribution is 7.90. The van der Waals surface area contributed by atoms with Gasteiger partial charge in [0, 0.05) is 11.1 Å². The van der Waals surface area contributed by atoms with Crippen molar-refractivity contribution in [3.05, 3.63) is 131 Å². The lowest BCUT2D eigenvalue weighted by Gasteiger charge is -2.10. The summed E-state index contributed by atoms with van der Waals surface area (Å²) in [5, 5.41) is 1.86. The fourth-order valence-corrected chi connectivity index (χ4v) is 5.81. The first-order valence-corrected chi connectivity index (χ1v) is 13.7. The van der Waals surface area contributed by atoms with E-state index >= 15 is 0 Å². The fraction of sp³-hybridized carbons (Fsp3) is 0.0345. The van der Waals surface area contributed by atoms with Crippen LogP contribution in [0.15, 0.2) is 124 Å². The first kappa shape index (κ1) is 24.4. The van der Waals surface area contributed by atoms with E-state index in [9.17, 15) is 13.2 Å². The molecule has 0 aliphatic carbocycles. The summed E-state index contributed by atoms with van der Waals surface area (Å²) in [6, 6.07) is 31.9. The predicted molar refractivity (Wildman–Crippen MR) is 144 cm³/mol. The van der Waals surface area contributed by atoms with Crippen LogP contribution in [0.5, 0.6) is 5.75 Å². The van der Waals surface area contributed by atoms with Gasteiger partial charge in [0.05, 0.1) is 16.2 Å². The third-order valence-corrected chi connectivity index (χ3v) is 7.83. The highest BCUT2D eigenvalue weighted by Crippen LogP contribution is 2.26. The third-order valence-electron chi connectivity index (χ3n) is 5.61. The molecule has 5 aromatic rings. The number of hydrogen-bond donors (Lipinski definition) is 0. The fourth-order valence-electron chi connectivity index (χ4n) is 3.70. The SMILES string of the molecule is Cc1ccc(S(=O)(=O)/N=c2/scc(-c3ccc(OC(=O)c4ccccc4)cc3)n2-c2ccccc2)cc1. The molecule has 0 saturated heterocycles. The van der Waals surface area contributed by atoms with Crippen molar-refractivity contribution in [3.63, 3.8) is 0 Å². The molecule has 0 N–H and O–H groups in total. The number of hydrogen-bond acceptors (Lipinski definition) is 5. The highest BCUT2D eigenvalue weighted by atomic mass is 32.2. The van der Waals surface area contributed by atoms with E-state index in [1.54, 1.807) is 65.2 Å². The summed E-state index contributed by atoms with van der Waals surface area (Å²) in [5.41, 5.74) is 3.78. The molecular weight excluding hydrogens is 504 g/mol. The van der Waals surface area contributed by atoms with E-state index in [0.29, 0.717) is 16.1 Å². The average molecular weight is 527 g/mol. The maximum atomic E-state index is 13.1. The molecule has 0 amide bonds. The molecular formula is C29H22N2O4S2. The zero-order valence-corrected chi connectivity index (χ0v) is 21.4. The van der Waals surface area contributed by atoms with Crippen LogP contribution < -0.4 is 9.54 Å². The van der Waals surface area contributed by atoms with E-state index in [0.717, 1.165) is 22.5 Å². The number of carbonyl (C=O) groups is 1. The molecule has 0 spiro atoms. The van der Waals surface area contributed by atoms with E-state index < -0.39 is 16.0 Å². The van der Waals surface area contributed by atoms with Crippen molar-refractivity contribution < 1.29 is 17.9 Å². The van der Waals surface area contributed by atoms with Crippen molar-refractivity contribution in [3.8, 4) is 22.7 Å². The lowest BCUT2D eigenvalue weighted by Crippen LogP contribution is -2.16. The Morgan fingerprint density at radius 2 is 1.43 bits per heavy atom. The van der Waals surface area contributed by atoms with E-state index in [4.69, 9.17) is 4.74 Å². The Kier molecular flexibility index (Phi) is 6.85. The van der Waals surface area contributed by atoms with Crippen LogP contribution >= 0.6 is 11.3 Å². The van der Waals surface area contributed by atoms with Gasteiger partial charge in [-0.2, -0.15) is 8.42 Å². The second kappa shape index (κ2) is 10.4. The summed E-state index contributed by atoms with van der Waals surface area (Å²) in [7, 11) is -3.92. The van der Waals surface area contributed by atoms with Crippen molar-refractivity contribution in [1.82, 2.24) is 4.57 Å². The molecule has 4 aromatic carbocycles. The number of aryl methyl sites for hydroxylation is 1. The number of nitrogens with zero attached hydrogens (tertiary/aromatic N) is 2. The molecule has 5 rings (SSSR count). The standard InChI is InChI=1S/C29H22N2O4S2/c1-21-12-18-26(19-13-21)37(33,34)30-29-31(24-10-6-3-7-11-24)27(20-36-29)22-14-16-25(17-15-22)35-28(32)23-8-4-2-5-9-23/h2-20H,1H3/b30-29+. The molecule has 0 radical (unpaired) electrons. The van der Waals surface area contributed by atoms with E-state index in [1.165, 1.54) is 11.3 Å². The smallest absolute Gasteiger partial charge is 0.343 e. The van der Waals surface area contributed by atoms with Gasteiger partial charge in [0.2, 0.25) is 4.80 Å². The number of ether oxygens (including phenoxy) is 1. The summed E-state index contributed by atoms with van der Waals surface area (Å²) in [4.78, 5) is 12.8. The molecule has 37 heavy (non-hydrogen) atoms. The predicted octanol–water partition coefficient (Wildman–Crippen LogP) is 6.02. The van der Waals surface area contributed by atoms with Crippen LogP contribution in [0.2, 0.25) is 0 Å². The van der Waals surface area contributed by atoms with Crippen LogP contribution in [0, 0.1) is 6.92 Å². The van der Waals surface area contributed by atoms with Crippen molar-refractivity contribution in [2.45, 2.75) is 11.8 Å². The van der Waals surface area contributed by atoms with Gasteiger partial charge in [-0.25, -0.2) is 4.79 Å². The number of esters is 1. The molecule has 8 heteroatoms. The molecule has 184 valence electrons. The van der Waals surface area contributed by atoms with Crippen LogP contribution in [0.4, 0.5) is 0 Å². The second-order valence-electron chi connectivity index (χ2n) is 8.23. The Morgan fingerprint density at radius 3 is 2.08 bits per heavy atom. The summed E-state index contributed by atoms with van der Waals surface area (Å²) in [6.45, 7) is 1.90. The Morgan fingerprint density at radius 1 is 0.811 bits per heavy atom. The van der Waals surface area contributed by atoms with E-state index in [-0.39, 0.29) is 4.90 Å². The molecule has 0 unspecified atom stereocenters. The Bertz CT molecular complexity index is 1710. The first-order chi connectivity index (χ1) is 17.9. The lowest BCUT2D eigenvalue weighted by molar-refractivity contribution is 0.0734. The number of carbonyl (C=O) groups excluding carboxylic acids is 1. The number of thiazole rings is 1. The first-order valence-electron chi connectivity index (χ1n) is 11.4. The Labute approximate surface area is 218 Å². The minimum Gasteiger partial charge on any atom is -0.423 e. The number of sulfonamides is 1. The number of para-hydroxylation sites is 1. The number of aromatic nitrogens is 1. The molecule has 0 fully saturated rings. The summed E-state index contributed by atoms with van der Waals surface area (Å²) >= 11 is 1.23. The highest BCUT2D eigenvalue weighted by Gasteiger charge is 2.16.